The van der Waals surface area contributed by atoms with Crippen LogP contribution in [0.2, 0.25) is 0 Å². The SMILES string of the molecule is CCC(C)c1nc(C(C)(C)C)c(CNC2CC2)s1. The highest BCUT2D eigenvalue weighted by atomic mass is 32.1. The Hall–Kier alpha value is -0.410. The topological polar surface area (TPSA) is 24.9 Å². The van der Waals surface area contributed by atoms with E-state index in [1.54, 1.807) is 0 Å². The maximum absolute atomic E-state index is 4.93. The molecule has 102 valence electrons. The van der Waals surface area contributed by atoms with Gasteiger partial charge >= 0.3 is 0 Å². The Morgan fingerprint density at radius 2 is 2.06 bits per heavy atom. The lowest BCUT2D eigenvalue weighted by Crippen LogP contribution is -2.20. The third-order valence-electron chi connectivity index (χ3n) is 3.59. The van der Waals surface area contributed by atoms with Crippen molar-refractivity contribution in [3.8, 4) is 0 Å². The number of nitrogens with zero attached hydrogens (tertiary/aromatic N) is 1. The average molecular weight is 266 g/mol. The van der Waals surface area contributed by atoms with Gasteiger partial charge in [-0.2, -0.15) is 0 Å². The highest BCUT2D eigenvalue weighted by Crippen LogP contribution is 2.34. The van der Waals surface area contributed by atoms with Gasteiger partial charge in [-0.15, -0.1) is 11.3 Å². The average Bonchev–Trinajstić information content (AvgIpc) is 3.02. The maximum atomic E-state index is 4.93. The van der Waals surface area contributed by atoms with Gasteiger partial charge in [0.1, 0.15) is 0 Å². The maximum Gasteiger partial charge on any atom is 0.0959 e. The first-order valence-corrected chi connectivity index (χ1v) is 7.97. The fraction of sp³-hybridized carbons (Fsp3) is 0.800. The van der Waals surface area contributed by atoms with Gasteiger partial charge in [0.2, 0.25) is 0 Å². The Morgan fingerprint density at radius 3 is 2.56 bits per heavy atom. The van der Waals surface area contributed by atoms with Crippen LogP contribution in [0.1, 0.15) is 75.4 Å². The second kappa shape index (κ2) is 5.30. The van der Waals surface area contributed by atoms with Crippen LogP contribution in [0.5, 0.6) is 0 Å². The van der Waals surface area contributed by atoms with Crippen molar-refractivity contribution in [3.05, 3.63) is 15.6 Å². The molecule has 18 heavy (non-hydrogen) atoms. The van der Waals surface area contributed by atoms with E-state index in [0.29, 0.717) is 5.92 Å². The molecule has 3 heteroatoms. The number of hydrogen-bond donors (Lipinski definition) is 1. The zero-order chi connectivity index (χ0) is 13.3. The number of rotatable bonds is 5. The van der Waals surface area contributed by atoms with Crippen molar-refractivity contribution in [2.45, 2.75) is 77.8 Å². The van der Waals surface area contributed by atoms with Crippen molar-refractivity contribution in [3.63, 3.8) is 0 Å². The molecule has 1 aromatic heterocycles. The molecule has 0 aromatic carbocycles. The molecule has 0 radical (unpaired) electrons. The Morgan fingerprint density at radius 1 is 1.39 bits per heavy atom. The fourth-order valence-electron chi connectivity index (χ4n) is 1.99. The van der Waals surface area contributed by atoms with E-state index in [9.17, 15) is 0 Å². The van der Waals surface area contributed by atoms with Crippen molar-refractivity contribution in [2.75, 3.05) is 0 Å². The molecule has 2 rings (SSSR count). The highest BCUT2D eigenvalue weighted by Gasteiger charge is 2.26. The van der Waals surface area contributed by atoms with Crippen LogP contribution in [0.4, 0.5) is 0 Å². The molecule has 0 amide bonds. The number of aromatic nitrogens is 1. The van der Waals surface area contributed by atoms with E-state index in [1.165, 1.54) is 34.8 Å². The second-order valence-electron chi connectivity index (χ2n) is 6.54. The number of hydrogen-bond acceptors (Lipinski definition) is 3. The van der Waals surface area contributed by atoms with E-state index in [1.807, 2.05) is 11.3 Å². The molecule has 0 spiro atoms. The van der Waals surface area contributed by atoms with E-state index >= 15 is 0 Å². The Bertz CT molecular complexity index is 399. The smallest absolute Gasteiger partial charge is 0.0959 e. The van der Waals surface area contributed by atoms with Crippen LogP contribution in [-0.4, -0.2) is 11.0 Å². The lowest BCUT2D eigenvalue weighted by molar-refractivity contribution is 0.554. The number of nitrogens with one attached hydrogen (secondary N) is 1. The predicted molar refractivity (Wildman–Crippen MR) is 79.4 cm³/mol. The minimum atomic E-state index is 0.156. The van der Waals surface area contributed by atoms with Crippen LogP contribution in [0.15, 0.2) is 0 Å². The minimum Gasteiger partial charge on any atom is -0.309 e. The summed E-state index contributed by atoms with van der Waals surface area (Å²) in [5.41, 5.74) is 1.46. The zero-order valence-electron chi connectivity index (χ0n) is 12.3. The van der Waals surface area contributed by atoms with Gasteiger partial charge in [0, 0.05) is 28.8 Å². The molecule has 0 aliphatic heterocycles. The van der Waals surface area contributed by atoms with Crippen molar-refractivity contribution in [1.29, 1.82) is 0 Å². The molecule has 1 aromatic rings. The van der Waals surface area contributed by atoms with Crippen LogP contribution >= 0.6 is 11.3 Å². The second-order valence-corrected chi connectivity index (χ2v) is 7.65. The van der Waals surface area contributed by atoms with Crippen LogP contribution < -0.4 is 5.32 Å². The molecule has 1 heterocycles. The molecule has 1 aliphatic rings. The van der Waals surface area contributed by atoms with Crippen LogP contribution in [0, 0.1) is 0 Å². The molecule has 1 atom stereocenters. The van der Waals surface area contributed by atoms with Gasteiger partial charge in [-0.05, 0) is 19.3 Å². The number of thiazole rings is 1. The molecule has 0 saturated heterocycles. The summed E-state index contributed by atoms with van der Waals surface area (Å²) in [6, 6.07) is 0.770. The monoisotopic (exact) mass is 266 g/mol. The van der Waals surface area contributed by atoms with Crippen LogP contribution in [0.3, 0.4) is 0 Å². The third kappa shape index (κ3) is 3.33. The molecule has 1 unspecified atom stereocenters. The lowest BCUT2D eigenvalue weighted by Gasteiger charge is -2.18. The normalized spacial score (nSPS) is 18.1. The van der Waals surface area contributed by atoms with Crippen molar-refractivity contribution in [2.24, 2.45) is 0 Å². The molecule has 1 saturated carbocycles. The van der Waals surface area contributed by atoms with E-state index in [0.717, 1.165) is 12.6 Å². The summed E-state index contributed by atoms with van der Waals surface area (Å²) in [6.07, 6.45) is 3.87. The predicted octanol–water partition coefficient (Wildman–Crippen LogP) is 4.21. The lowest BCUT2D eigenvalue weighted by atomic mass is 9.91. The van der Waals surface area contributed by atoms with Gasteiger partial charge in [-0.3, -0.25) is 0 Å². The first-order chi connectivity index (χ1) is 8.41. The first-order valence-electron chi connectivity index (χ1n) is 7.15. The molecule has 1 fully saturated rings. The van der Waals surface area contributed by atoms with Crippen molar-refractivity contribution in [1.82, 2.24) is 10.3 Å². The summed E-state index contributed by atoms with van der Waals surface area (Å²) in [5.74, 6) is 0.589. The van der Waals surface area contributed by atoms with E-state index in [-0.39, 0.29) is 5.41 Å². The zero-order valence-corrected chi connectivity index (χ0v) is 13.2. The standard InChI is InChI=1S/C15H26N2S/c1-6-10(2)14-17-13(15(3,4)5)12(18-14)9-16-11-7-8-11/h10-11,16H,6-9H2,1-5H3. The van der Waals surface area contributed by atoms with E-state index in [2.05, 4.69) is 39.9 Å². The summed E-state index contributed by atoms with van der Waals surface area (Å²) in [5, 5.41) is 4.94. The Balaban J connectivity index is 2.20. The summed E-state index contributed by atoms with van der Waals surface area (Å²) >= 11 is 1.92. The molecular formula is C15H26N2S. The van der Waals surface area contributed by atoms with Gasteiger partial charge in [-0.25, -0.2) is 4.98 Å². The van der Waals surface area contributed by atoms with Crippen molar-refractivity contribution >= 4 is 11.3 Å². The van der Waals surface area contributed by atoms with Gasteiger partial charge in [0.05, 0.1) is 10.7 Å². The summed E-state index contributed by atoms with van der Waals surface area (Å²) in [6.45, 7) is 12.3. The quantitative estimate of drug-likeness (QED) is 0.863. The molecule has 0 bridgehead atoms. The van der Waals surface area contributed by atoms with Gasteiger partial charge in [0.15, 0.2) is 0 Å². The third-order valence-corrected chi connectivity index (χ3v) is 4.87. The molecule has 1 N–H and O–H groups in total. The summed E-state index contributed by atoms with van der Waals surface area (Å²) < 4.78 is 0. The van der Waals surface area contributed by atoms with Gasteiger partial charge in [-0.1, -0.05) is 34.6 Å². The highest BCUT2D eigenvalue weighted by molar-refractivity contribution is 7.11. The van der Waals surface area contributed by atoms with Crippen LogP contribution in [-0.2, 0) is 12.0 Å². The summed E-state index contributed by atoms with van der Waals surface area (Å²) in [4.78, 5) is 6.38. The molecule has 1 aliphatic carbocycles. The Labute approximate surface area is 115 Å². The minimum absolute atomic E-state index is 0.156. The van der Waals surface area contributed by atoms with Crippen molar-refractivity contribution < 1.29 is 0 Å². The molecular weight excluding hydrogens is 240 g/mol. The first kappa shape index (κ1) is 14.0. The molecule has 2 nitrogen and oxygen atoms in total. The largest absolute Gasteiger partial charge is 0.309 e. The van der Waals surface area contributed by atoms with Crippen LogP contribution in [0.25, 0.3) is 0 Å². The summed E-state index contributed by atoms with van der Waals surface area (Å²) in [7, 11) is 0. The Kier molecular flexibility index (Phi) is 4.12. The van der Waals surface area contributed by atoms with E-state index in [4.69, 9.17) is 4.98 Å². The van der Waals surface area contributed by atoms with Gasteiger partial charge in [0.25, 0.3) is 0 Å². The van der Waals surface area contributed by atoms with E-state index < -0.39 is 0 Å². The fourth-order valence-corrected chi connectivity index (χ4v) is 3.35. The van der Waals surface area contributed by atoms with Gasteiger partial charge < -0.3 is 5.32 Å².